The second-order valence-corrected chi connectivity index (χ2v) is 5.06. The standard InChI is InChI=1S/C18H23N3O/c1-2-21(16-6-4-3-5-7-16)17-10-8-15(9-11-17)14-20-18(22)12-13-19/h3-11H,2,12-14,19H2,1H3,(H,20,22). The fourth-order valence-electron chi connectivity index (χ4n) is 2.34. The number of anilines is 2. The fourth-order valence-corrected chi connectivity index (χ4v) is 2.34. The van der Waals surface area contributed by atoms with Gasteiger partial charge in [-0.05, 0) is 36.8 Å². The van der Waals surface area contributed by atoms with Gasteiger partial charge in [0.2, 0.25) is 5.91 Å². The molecule has 0 heterocycles. The van der Waals surface area contributed by atoms with Gasteiger partial charge in [-0.2, -0.15) is 0 Å². The molecule has 0 unspecified atom stereocenters. The Morgan fingerprint density at radius 1 is 1.05 bits per heavy atom. The molecule has 116 valence electrons. The number of para-hydroxylation sites is 1. The number of nitrogens with one attached hydrogen (secondary N) is 1. The van der Waals surface area contributed by atoms with Gasteiger partial charge in [-0.3, -0.25) is 4.79 Å². The van der Waals surface area contributed by atoms with Crippen LogP contribution in [0.4, 0.5) is 11.4 Å². The van der Waals surface area contributed by atoms with Crippen LogP contribution in [-0.4, -0.2) is 19.0 Å². The quantitative estimate of drug-likeness (QED) is 0.826. The second kappa shape index (κ2) is 8.20. The average Bonchev–Trinajstić information content (AvgIpc) is 2.56. The molecule has 2 rings (SSSR count). The predicted octanol–water partition coefficient (Wildman–Crippen LogP) is 2.81. The lowest BCUT2D eigenvalue weighted by Gasteiger charge is -2.23. The van der Waals surface area contributed by atoms with Gasteiger partial charge in [-0.25, -0.2) is 0 Å². The normalized spacial score (nSPS) is 10.3. The van der Waals surface area contributed by atoms with Crippen molar-refractivity contribution in [2.24, 2.45) is 5.73 Å². The van der Waals surface area contributed by atoms with E-state index >= 15 is 0 Å². The molecule has 2 aromatic carbocycles. The van der Waals surface area contributed by atoms with Gasteiger partial charge < -0.3 is 16.0 Å². The van der Waals surface area contributed by atoms with Crippen molar-refractivity contribution in [1.82, 2.24) is 5.32 Å². The Bertz CT molecular complexity index is 581. The Morgan fingerprint density at radius 3 is 2.27 bits per heavy atom. The molecule has 0 aliphatic rings. The Labute approximate surface area is 131 Å². The molecule has 4 nitrogen and oxygen atoms in total. The summed E-state index contributed by atoms with van der Waals surface area (Å²) in [5.74, 6) is -0.00829. The van der Waals surface area contributed by atoms with E-state index in [9.17, 15) is 4.79 Å². The van der Waals surface area contributed by atoms with Crippen molar-refractivity contribution in [3.63, 3.8) is 0 Å². The first kappa shape index (κ1) is 16.0. The van der Waals surface area contributed by atoms with Crippen molar-refractivity contribution in [2.45, 2.75) is 19.9 Å². The SMILES string of the molecule is CCN(c1ccccc1)c1ccc(CNC(=O)CCN)cc1. The van der Waals surface area contributed by atoms with Crippen LogP contribution in [0.2, 0.25) is 0 Å². The van der Waals surface area contributed by atoms with Crippen molar-refractivity contribution >= 4 is 17.3 Å². The van der Waals surface area contributed by atoms with E-state index < -0.39 is 0 Å². The summed E-state index contributed by atoms with van der Waals surface area (Å²) in [7, 11) is 0. The van der Waals surface area contributed by atoms with Gasteiger partial charge in [0.15, 0.2) is 0 Å². The minimum absolute atomic E-state index is 0.00829. The van der Waals surface area contributed by atoms with E-state index in [-0.39, 0.29) is 5.91 Å². The first-order valence-corrected chi connectivity index (χ1v) is 7.63. The molecule has 0 atom stereocenters. The van der Waals surface area contributed by atoms with Crippen molar-refractivity contribution in [3.05, 3.63) is 60.2 Å². The minimum atomic E-state index is -0.00829. The van der Waals surface area contributed by atoms with Crippen LogP contribution < -0.4 is 16.0 Å². The molecule has 0 aliphatic heterocycles. The molecule has 0 saturated carbocycles. The highest BCUT2D eigenvalue weighted by molar-refractivity contribution is 5.76. The number of carbonyl (C=O) groups is 1. The van der Waals surface area contributed by atoms with E-state index in [1.165, 1.54) is 5.69 Å². The van der Waals surface area contributed by atoms with Crippen molar-refractivity contribution in [3.8, 4) is 0 Å². The summed E-state index contributed by atoms with van der Waals surface area (Å²) in [5.41, 5.74) is 8.76. The molecule has 0 aromatic heterocycles. The second-order valence-electron chi connectivity index (χ2n) is 5.06. The molecule has 3 N–H and O–H groups in total. The van der Waals surface area contributed by atoms with Gasteiger partial charge in [-0.15, -0.1) is 0 Å². The lowest BCUT2D eigenvalue weighted by atomic mass is 10.1. The van der Waals surface area contributed by atoms with Crippen LogP contribution in [0.5, 0.6) is 0 Å². The molecule has 0 bridgehead atoms. The zero-order chi connectivity index (χ0) is 15.8. The molecule has 4 heteroatoms. The molecule has 0 aliphatic carbocycles. The number of hydrogen-bond acceptors (Lipinski definition) is 3. The van der Waals surface area contributed by atoms with Gasteiger partial charge >= 0.3 is 0 Å². The Hall–Kier alpha value is -2.33. The number of benzene rings is 2. The molecule has 1 amide bonds. The molecular weight excluding hydrogens is 274 g/mol. The van der Waals surface area contributed by atoms with E-state index in [1.54, 1.807) is 0 Å². The first-order chi connectivity index (χ1) is 10.7. The van der Waals surface area contributed by atoms with E-state index in [0.717, 1.165) is 17.8 Å². The zero-order valence-corrected chi connectivity index (χ0v) is 13.0. The third-order valence-electron chi connectivity index (χ3n) is 3.49. The van der Waals surface area contributed by atoms with Gasteiger partial charge in [0, 0.05) is 37.4 Å². The molecule has 22 heavy (non-hydrogen) atoms. The maximum Gasteiger partial charge on any atom is 0.221 e. The van der Waals surface area contributed by atoms with Crippen LogP contribution >= 0.6 is 0 Å². The summed E-state index contributed by atoms with van der Waals surface area (Å²) in [6.07, 6.45) is 0.371. The molecule has 0 radical (unpaired) electrons. The number of amides is 1. The summed E-state index contributed by atoms with van der Waals surface area (Å²) in [6.45, 7) is 3.95. The molecular formula is C18H23N3O. The van der Waals surface area contributed by atoms with E-state index in [1.807, 2.05) is 30.3 Å². The van der Waals surface area contributed by atoms with Crippen molar-refractivity contribution in [2.75, 3.05) is 18.0 Å². The van der Waals surface area contributed by atoms with E-state index in [2.05, 4.69) is 41.4 Å². The number of hydrogen-bond donors (Lipinski definition) is 2. The van der Waals surface area contributed by atoms with Gasteiger partial charge in [0.05, 0.1) is 0 Å². The van der Waals surface area contributed by atoms with E-state index in [0.29, 0.717) is 19.5 Å². The summed E-state index contributed by atoms with van der Waals surface area (Å²) in [4.78, 5) is 13.7. The highest BCUT2D eigenvalue weighted by Gasteiger charge is 2.06. The monoisotopic (exact) mass is 297 g/mol. The number of nitrogens with zero attached hydrogens (tertiary/aromatic N) is 1. The number of rotatable bonds is 7. The lowest BCUT2D eigenvalue weighted by molar-refractivity contribution is -0.121. The van der Waals surface area contributed by atoms with Gasteiger partial charge in [0.25, 0.3) is 0 Å². The minimum Gasteiger partial charge on any atom is -0.352 e. The third-order valence-corrected chi connectivity index (χ3v) is 3.49. The molecule has 2 aromatic rings. The number of carbonyl (C=O) groups excluding carboxylic acids is 1. The molecule has 0 spiro atoms. The lowest BCUT2D eigenvalue weighted by Crippen LogP contribution is -2.25. The molecule has 0 fully saturated rings. The Kier molecular flexibility index (Phi) is 5.98. The molecule has 0 saturated heterocycles. The van der Waals surface area contributed by atoms with Crippen molar-refractivity contribution in [1.29, 1.82) is 0 Å². The summed E-state index contributed by atoms with van der Waals surface area (Å²) in [5, 5.41) is 2.86. The van der Waals surface area contributed by atoms with Crippen LogP contribution in [0.3, 0.4) is 0 Å². The first-order valence-electron chi connectivity index (χ1n) is 7.63. The fraction of sp³-hybridized carbons (Fsp3) is 0.278. The highest BCUT2D eigenvalue weighted by Crippen LogP contribution is 2.24. The summed E-state index contributed by atoms with van der Waals surface area (Å²) < 4.78 is 0. The predicted molar refractivity (Wildman–Crippen MR) is 91.1 cm³/mol. The van der Waals surface area contributed by atoms with Crippen LogP contribution in [0, 0.1) is 0 Å². The smallest absolute Gasteiger partial charge is 0.221 e. The van der Waals surface area contributed by atoms with Crippen LogP contribution in [0.1, 0.15) is 18.9 Å². The topological polar surface area (TPSA) is 58.4 Å². The van der Waals surface area contributed by atoms with Crippen molar-refractivity contribution < 1.29 is 4.79 Å². The highest BCUT2D eigenvalue weighted by atomic mass is 16.1. The largest absolute Gasteiger partial charge is 0.352 e. The Morgan fingerprint density at radius 2 is 1.68 bits per heavy atom. The third kappa shape index (κ3) is 4.33. The van der Waals surface area contributed by atoms with Crippen LogP contribution in [0.25, 0.3) is 0 Å². The van der Waals surface area contributed by atoms with E-state index in [4.69, 9.17) is 5.73 Å². The summed E-state index contributed by atoms with van der Waals surface area (Å²) >= 11 is 0. The maximum atomic E-state index is 11.4. The maximum absolute atomic E-state index is 11.4. The van der Waals surface area contributed by atoms with Crippen LogP contribution in [-0.2, 0) is 11.3 Å². The zero-order valence-electron chi connectivity index (χ0n) is 13.0. The van der Waals surface area contributed by atoms with Gasteiger partial charge in [0.1, 0.15) is 0 Å². The van der Waals surface area contributed by atoms with Crippen LogP contribution in [0.15, 0.2) is 54.6 Å². The van der Waals surface area contributed by atoms with Gasteiger partial charge in [-0.1, -0.05) is 30.3 Å². The number of nitrogens with two attached hydrogens (primary N) is 1. The average molecular weight is 297 g/mol. The Balaban J connectivity index is 2.03. The summed E-state index contributed by atoms with van der Waals surface area (Å²) in [6, 6.07) is 18.6.